The van der Waals surface area contributed by atoms with Crippen molar-refractivity contribution in [2.24, 2.45) is 5.92 Å². The zero-order chi connectivity index (χ0) is 14.7. The van der Waals surface area contributed by atoms with Gasteiger partial charge in [-0.3, -0.25) is 9.59 Å². The summed E-state index contributed by atoms with van der Waals surface area (Å²) >= 11 is 0. The van der Waals surface area contributed by atoms with Crippen LogP contribution in [-0.4, -0.2) is 40.1 Å². The highest BCUT2D eigenvalue weighted by Crippen LogP contribution is 2.23. The van der Waals surface area contributed by atoms with E-state index in [0.717, 1.165) is 18.4 Å². The molecular formula is C15H19NO4. The van der Waals surface area contributed by atoms with Gasteiger partial charge in [0.1, 0.15) is 5.75 Å². The number of nitrogens with zero attached hydrogens (tertiary/aromatic N) is 1. The molecule has 0 bridgehead atoms. The van der Waals surface area contributed by atoms with Gasteiger partial charge < -0.3 is 15.1 Å². The van der Waals surface area contributed by atoms with Crippen LogP contribution in [0.15, 0.2) is 18.2 Å². The Kier molecular flexibility index (Phi) is 4.27. The van der Waals surface area contributed by atoms with Crippen molar-refractivity contribution in [3.8, 4) is 5.75 Å². The van der Waals surface area contributed by atoms with Gasteiger partial charge in [0.25, 0.3) is 5.91 Å². The maximum absolute atomic E-state index is 12.4. The first-order valence-corrected chi connectivity index (χ1v) is 6.78. The number of aryl methyl sites for hydroxylation is 1. The van der Waals surface area contributed by atoms with Crippen LogP contribution in [0.4, 0.5) is 0 Å². The standard InChI is InChI=1S/C15H19NO4/c1-10-4-5-12(8-13(10)17)15(20)16-6-2-3-11(9-16)7-14(18)19/h4-5,8,11,17H,2-3,6-7,9H2,1H3,(H,18,19). The summed E-state index contributed by atoms with van der Waals surface area (Å²) in [5.74, 6) is -0.841. The molecule has 0 aliphatic carbocycles. The maximum Gasteiger partial charge on any atom is 0.303 e. The number of piperidine rings is 1. The van der Waals surface area contributed by atoms with Gasteiger partial charge in [-0.2, -0.15) is 0 Å². The summed E-state index contributed by atoms with van der Waals surface area (Å²) < 4.78 is 0. The van der Waals surface area contributed by atoms with E-state index in [1.165, 1.54) is 6.07 Å². The van der Waals surface area contributed by atoms with E-state index in [0.29, 0.717) is 18.7 Å². The summed E-state index contributed by atoms with van der Waals surface area (Å²) in [6.45, 7) is 2.89. The monoisotopic (exact) mass is 277 g/mol. The summed E-state index contributed by atoms with van der Waals surface area (Å²) in [7, 11) is 0. The van der Waals surface area contributed by atoms with Gasteiger partial charge in [0.2, 0.25) is 0 Å². The van der Waals surface area contributed by atoms with E-state index in [-0.39, 0.29) is 24.0 Å². The number of rotatable bonds is 3. The van der Waals surface area contributed by atoms with E-state index in [4.69, 9.17) is 5.11 Å². The molecule has 2 N–H and O–H groups in total. The summed E-state index contributed by atoms with van der Waals surface area (Å²) in [5.41, 5.74) is 1.17. The molecule has 1 saturated heterocycles. The number of carboxylic acid groups (broad SMARTS) is 1. The Morgan fingerprint density at radius 1 is 1.40 bits per heavy atom. The molecule has 1 aromatic rings. The molecule has 1 heterocycles. The van der Waals surface area contributed by atoms with E-state index in [2.05, 4.69) is 0 Å². The maximum atomic E-state index is 12.4. The summed E-state index contributed by atoms with van der Waals surface area (Å²) in [5, 5.41) is 18.5. The molecule has 1 fully saturated rings. The lowest BCUT2D eigenvalue weighted by Crippen LogP contribution is -2.40. The average Bonchev–Trinajstić information content (AvgIpc) is 2.40. The van der Waals surface area contributed by atoms with Crippen molar-refractivity contribution in [3.63, 3.8) is 0 Å². The Hall–Kier alpha value is -2.04. The van der Waals surface area contributed by atoms with Crippen LogP contribution in [-0.2, 0) is 4.79 Å². The Morgan fingerprint density at radius 2 is 2.15 bits per heavy atom. The number of carbonyl (C=O) groups excluding carboxylic acids is 1. The van der Waals surface area contributed by atoms with Crippen molar-refractivity contribution < 1.29 is 19.8 Å². The number of phenolic OH excluding ortho intramolecular Hbond substituents is 1. The number of carbonyl (C=O) groups is 2. The Bertz CT molecular complexity index is 527. The van der Waals surface area contributed by atoms with Crippen molar-refractivity contribution in [3.05, 3.63) is 29.3 Å². The van der Waals surface area contributed by atoms with Crippen LogP contribution in [0.25, 0.3) is 0 Å². The second-order valence-electron chi connectivity index (χ2n) is 5.36. The molecule has 1 amide bonds. The third kappa shape index (κ3) is 3.29. The number of hydrogen-bond donors (Lipinski definition) is 2. The molecule has 0 aromatic heterocycles. The number of benzene rings is 1. The van der Waals surface area contributed by atoms with E-state index in [1.807, 2.05) is 0 Å². The number of likely N-dealkylation sites (tertiary alicyclic amines) is 1. The number of phenols is 1. The molecule has 0 radical (unpaired) electrons. The highest BCUT2D eigenvalue weighted by molar-refractivity contribution is 5.94. The number of aromatic hydroxyl groups is 1. The first kappa shape index (κ1) is 14.4. The fourth-order valence-electron chi connectivity index (χ4n) is 2.59. The van der Waals surface area contributed by atoms with Crippen molar-refractivity contribution in [2.45, 2.75) is 26.2 Å². The Balaban J connectivity index is 2.08. The van der Waals surface area contributed by atoms with E-state index < -0.39 is 5.97 Å². The molecule has 1 aromatic carbocycles. The number of carboxylic acids is 1. The fourth-order valence-corrected chi connectivity index (χ4v) is 2.59. The van der Waals surface area contributed by atoms with Gasteiger partial charge in [0.15, 0.2) is 0 Å². The second kappa shape index (κ2) is 5.94. The molecule has 1 atom stereocenters. The van der Waals surface area contributed by atoms with Gasteiger partial charge in [-0.05, 0) is 43.4 Å². The lowest BCUT2D eigenvalue weighted by Gasteiger charge is -2.32. The van der Waals surface area contributed by atoms with Crippen LogP contribution >= 0.6 is 0 Å². The molecule has 2 rings (SSSR count). The first-order valence-electron chi connectivity index (χ1n) is 6.78. The molecule has 0 saturated carbocycles. The minimum Gasteiger partial charge on any atom is -0.508 e. The second-order valence-corrected chi connectivity index (χ2v) is 5.36. The summed E-state index contributed by atoms with van der Waals surface area (Å²) in [6, 6.07) is 4.87. The predicted octanol–water partition coefficient (Wildman–Crippen LogP) is 2.03. The minimum atomic E-state index is -0.822. The molecule has 1 aliphatic heterocycles. The van der Waals surface area contributed by atoms with Crippen molar-refractivity contribution in [1.82, 2.24) is 4.90 Å². The topological polar surface area (TPSA) is 77.8 Å². The molecule has 1 aliphatic rings. The SMILES string of the molecule is Cc1ccc(C(=O)N2CCCC(CC(=O)O)C2)cc1O. The van der Waals surface area contributed by atoms with Gasteiger partial charge in [-0.15, -0.1) is 0 Å². The smallest absolute Gasteiger partial charge is 0.303 e. The van der Waals surface area contributed by atoms with E-state index >= 15 is 0 Å². The van der Waals surface area contributed by atoms with Gasteiger partial charge in [0.05, 0.1) is 0 Å². The highest BCUT2D eigenvalue weighted by atomic mass is 16.4. The van der Waals surface area contributed by atoms with Crippen LogP contribution < -0.4 is 0 Å². The fraction of sp³-hybridized carbons (Fsp3) is 0.467. The normalized spacial score (nSPS) is 18.9. The summed E-state index contributed by atoms with van der Waals surface area (Å²) in [4.78, 5) is 24.8. The minimum absolute atomic E-state index is 0.0178. The first-order chi connectivity index (χ1) is 9.47. The number of amides is 1. The third-order valence-corrected chi connectivity index (χ3v) is 3.73. The lowest BCUT2D eigenvalue weighted by molar-refractivity contribution is -0.138. The van der Waals surface area contributed by atoms with Gasteiger partial charge in [0, 0.05) is 25.1 Å². The highest BCUT2D eigenvalue weighted by Gasteiger charge is 2.26. The molecule has 5 nitrogen and oxygen atoms in total. The van der Waals surface area contributed by atoms with Crippen LogP contribution in [0.1, 0.15) is 35.2 Å². The van der Waals surface area contributed by atoms with Crippen molar-refractivity contribution in [2.75, 3.05) is 13.1 Å². The molecule has 20 heavy (non-hydrogen) atoms. The van der Waals surface area contributed by atoms with Crippen LogP contribution in [0.3, 0.4) is 0 Å². The third-order valence-electron chi connectivity index (χ3n) is 3.73. The van der Waals surface area contributed by atoms with Crippen molar-refractivity contribution >= 4 is 11.9 Å². The molecule has 0 spiro atoms. The zero-order valence-electron chi connectivity index (χ0n) is 11.5. The van der Waals surface area contributed by atoms with Crippen molar-refractivity contribution in [1.29, 1.82) is 0 Å². The van der Waals surface area contributed by atoms with E-state index in [1.54, 1.807) is 24.0 Å². The van der Waals surface area contributed by atoms with Gasteiger partial charge in [-0.25, -0.2) is 0 Å². The zero-order valence-corrected chi connectivity index (χ0v) is 11.5. The van der Waals surface area contributed by atoms with Gasteiger partial charge >= 0.3 is 5.97 Å². The lowest BCUT2D eigenvalue weighted by atomic mass is 9.94. The quantitative estimate of drug-likeness (QED) is 0.886. The molecule has 5 heteroatoms. The predicted molar refractivity (Wildman–Crippen MR) is 73.7 cm³/mol. The molecular weight excluding hydrogens is 258 g/mol. The molecule has 1 unspecified atom stereocenters. The Labute approximate surface area is 117 Å². The number of aliphatic carboxylic acids is 1. The van der Waals surface area contributed by atoms with Crippen LogP contribution in [0.5, 0.6) is 5.75 Å². The molecule has 108 valence electrons. The Morgan fingerprint density at radius 3 is 2.80 bits per heavy atom. The van der Waals surface area contributed by atoms with E-state index in [9.17, 15) is 14.7 Å². The van der Waals surface area contributed by atoms with Gasteiger partial charge in [-0.1, -0.05) is 6.07 Å². The van der Waals surface area contributed by atoms with Crippen LogP contribution in [0.2, 0.25) is 0 Å². The van der Waals surface area contributed by atoms with Crippen LogP contribution in [0, 0.1) is 12.8 Å². The average molecular weight is 277 g/mol. The number of hydrogen-bond acceptors (Lipinski definition) is 3. The largest absolute Gasteiger partial charge is 0.508 e. The summed E-state index contributed by atoms with van der Waals surface area (Å²) in [6.07, 6.45) is 1.76.